The molecule has 1 fully saturated rings. The van der Waals surface area contributed by atoms with Crippen LogP contribution >= 0.6 is 11.3 Å². The van der Waals surface area contributed by atoms with Crippen LogP contribution in [0.5, 0.6) is 5.75 Å². The lowest BCUT2D eigenvalue weighted by Gasteiger charge is -2.32. The molecule has 5 nitrogen and oxygen atoms in total. The molecule has 1 aromatic carbocycles. The maximum absolute atomic E-state index is 12.0. The lowest BCUT2D eigenvalue weighted by atomic mass is 9.89. The normalized spacial score (nSPS) is 15.2. The number of anilines is 1. The first-order chi connectivity index (χ1) is 12.1. The minimum absolute atomic E-state index is 0.269. The fraction of sp³-hybridized carbons (Fsp3) is 0.474. The second-order valence-electron chi connectivity index (χ2n) is 6.17. The number of methoxy groups -OCH3 is 1. The molecule has 1 aromatic heterocycles. The number of rotatable bonds is 5. The molecular weight excluding hydrogens is 336 g/mol. The van der Waals surface area contributed by atoms with E-state index < -0.39 is 0 Å². The molecule has 1 saturated heterocycles. The average molecular weight is 360 g/mol. The van der Waals surface area contributed by atoms with Gasteiger partial charge in [-0.1, -0.05) is 23.5 Å². The van der Waals surface area contributed by atoms with Crippen molar-refractivity contribution in [3.05, 3.63) is 40.4 Å². The van der Waals surface area contributed by atoms with Crippen molar-refractivity contribution in [2.24, 2.45) is 0 Å². The third kappa shape index (κ3) is 3.95. The lowest BCUT2D eigenvalue weighted by molar-refractivity contribution is 0.0531. The Balaban J connectivity index is 1.66. The van der Waals surface area contributed by atoms with Crippen LogP contribution in [0.3, 0.4) is 0 Å². The first kappa shape index (κ1) is 17.7. The van der Waals surface area contributed by atoms with Crippen molar-refractivity contribution < 1.29 is 14.3 Å². The minimum Gasteiger partial charge on any atom is -0.497 e. The molecule has 0 atom stereocenters. The van der Waals surface area contributed by atoms with E-state index in [2.05, 4.69) is 28.1 Å². The van der Waals surface area contributed by atoms with Gasteiger partial charge in [0, 0.05) is 13.1 Å². The third-order valence-electron chi connectivity index (χ3n) is 4.58. The van der Waals surface area contributed by atoms with Gasteiger partial charge in [-0.25, -0.2) is 9.78 Å². The Morgan fingerprint density at radius 2 is 2.12 bits per heavy atom. The SMILES string of the molecule is CCOC(=O)c1sc(N2CCC(c3cccc(OC)c3)CC2)nc1C. The quantitative estimate of drug-likeness (QED) is 0.754. The summed E-state index contributed by atoms with van der Waals surface area (Å²) in [6.07, 6.45) is 2.14. The van der Waals surface area contributed by atoms with Crippen molar-refractivity contribution in [2.45, 2.75) is 32.6 Å². The number of nitrogens with zero attached hydrogens (tertiary/aromatic N) is 2. The van der Waals surface area contributed by atoms with Gasteiger partial charge in [-0.2, -0.15) is 0 Å². The van der Waals surface area contributed by atoms with Gasteiger partial charge in [0.1, 0.15) is 10.6 Å². The molecule has 1 aliphatic heterocycles. The molecule has 0 unspecified atom stereocenters. The Bertz CT molecular complexity index is 736. The summed E-state index contributed by atoms with van der Waals surface area (Å²) >= 11 is 1.44. The summed E-state index contributed by atoms with van der Waals surface area (Å²) < 4.78 is 10.4. The van der Waals surface area contributed by atoms with Gasteiger partial charge >= 0.3 is 5.97 Å². The summed E-state index contributed by atoms with van der Waals surface area (Å²) in [6.45, 7) is 5.96. The zero-order valence-corrected chi connectivity index (χ0v) is 15.8. The van der Waals surface area contributed by atoms with Crippen LogP contribution in [0.4, 0.5) is 5.13 Å². The molecule has 2 aromatic rings. The van der Waals surface area contributed by atoms with E-state index in [-0.39, 0.29) is 5.97 Å². The van der Waals surface area contributed by atoms with Crippen LogP contribution < -0.4 is 9.64 Å². The first-order valence-electron chi connectivity index (χ1n) is 8.65. The predicted octanol–water partition coefficient (Wildman–Crippen LogP) is 4.02. The number of carbonyl (C=O) groups excluding carboxylic acids is 1. The Morgan fingerprint density at radius 3 is 2.80 bits per heavy atom. The second kappa shape index (κ2) is 7.87. The number of thiazole rings is 1. The Hall–Kier alpha value is -2.08. The predicted molar refractivity (Wildman–Crippen MR) is 100.0 cm³/mol. The summed E-state index contributed by atoms with van der Waals surface area (Å²) in [7, 11) is 1.70. The standard InChI is InChI=1S/C19H24N2O3S/c1-4-24-18(22)17-13(2)20-19(25-17)21-10-8-14(9-11-21)15-6-5-7-16(12-15)23-3/h5-7,12,14H,4,8-11H2,1-3H3. The smallest absolute Gasteiger partial charge is 0.350 e. The van der Waals surface area contributed by atoms with Crippen molar-refractivity contribution in [3.63, 3.8) is 0 Å². The summed E-state index contributed by atoms with van der Waals surface area (Å²) in [5, 5.41) is 0.921. The monoisotopic (exact) mass is 360 g/mol. The van der Waals surface area contributed by atoms with Crippen LogP contribution in [0.15, 0.2) is 24.3 Å². The van der Waals surface area contributed by atoms with Gasteiger partial charge in [0.15, 0.2) is 5.13 Å². The molecule has 6 heteroatoms. The highest BCUT2D eigenvalue weighted by atomic mass is 32.1. The van der Waals surface area contributed by atoms with E-state index in [1.165, 1.54) is 16.9 Å². The second-order valence-corrected chi connectivity index (χ2v) is 7.15. The summed E-state index contributed by atoms with van der Waals surface area (Å²) in [5.74, 6) is 1.18. The van der Waals surface area contributed by atoms with Crippen LogP contribution in [0, 0.1) is 6.92 Å². The molecule has 2 heterocycles. The highest BCUT2D eigenvalue weighted by molar-refractivity contribution is 7.17. The number of hydrogen-bond donors (Lipinski definition) is 0. The van der Waals surface area contributed by atoms with E-state index in [1.54, 1.807) is 7.11 Å². The number of benzene rings is 1. The van der Waals surface area contributed by atoms with Crippen molar-refractivity contribution >= 4 is 22.4 Å². The maximum atomic E-state index is 12.0. The van der Waals surface area contributed by atoms with Crippen LogP contribution in [-0.4, -0.2) is 37.8 Å². The molecule has 0 spiro atoms. The van der Waals surface area contributed by atoms with Crippen LogP contribution in [0.25, 0.3) is 0 Å². The molecule has 0 amide bonds. The molecule has 0 radical (unpaired) electrons. The number of aryl methyl sites for hydroxylation is 1. The van der Waals surface area contributed by atoms with Gasteiger partial charge in [-0.05, 0) is 50.3 Å². The van der Waals surface area contributed by atoms with E-state index in [0.29, 0.717) is 17.4 Å². The summed E-state index contributed by atoms with van der Waals surface area (Å²) in [6, 6.07) is 8.34. The molecule has 0 bridgehead atoms. The van der Waals surface area contributed by atoms with E-state index in [9.17, 15) is 4.79 Å². The molecule has 134 valence electrons. The van der Waals surface area contributed by atoms with Gasteiger partial charge in [0.25, 0.3) is 0 Å². The lowest BCUT2D eigenvalue weighted by Crippen LogP contribution is -2.32. The van der Waals surface area contributed by atoms with E-state index in [1.807, 2.05) is 19.9 Å². The van der Waals surface area contributed by atoms with Crippen LogP contribution in [0.1, 0.15) is 46.6 Å². The van der Waals surface area contributed by atoms with E-state index in [4.69, 9.17) is 9.47 Å². The molecule has 3 rings (SSSR count). The fourth-order valence-corrected chi connectivity index (χ4v) is 4.22. The molecule has 1 aliphatic rings. The van der Waals surface area contributed by atoms with Gasteiger partial charge in [-0.15, -0.1) is 0 Å². The van der Waals surface area contributed by atoms with Crippen molar-refractivity contribution in [3.8, 4) is 5.75 Å². The summed E-state index contributed by atoms with van der Waals surface area (Å²) in [5.41, 5.74) is 2.09. The fourth-order valence-electron chi connectivity index (χ4n) is 3.20. The molecule has 0 N–H and O–H groups in total. The van der Waals surface area contributed by atoms with Gasteiger partial charge in [0.2, 0.25) is 0 Å². The average Bonchev–Trinajstić information content (AvgIpc) is 3.04. The van der Waals surface area contributed by atoms with Crippen molar-refractivity contribution in [1.29, 1.82) is 0 Å². The molecule has 0 aliphatic carbocycles. The molecule has 25 heavy (non-hydrogen) atoms. The van der Waals surface area contributed by atoms with Crippen molar-refractivity contribution in [1.82, 2.24) is 4.98 Å². The number of carbonyl (C=O) groups is 1. The Kier molecular flexibility index (Phi) is 5.58. The topological polar surface area (TPSA) is 51.7 Å². The highest BCUT2D eigenvalue weighted by Gasteiger charge is 2.25. The molecule has 0 saturated carbocycles. The number of piperidine rings is 1. The van der Waals surface area contributed by atoms with E-state index in [0.717, 1.165) is 42.5 Å². The van der Waals surface area contributed by atoms with Crippen molar-refractivity contribution in [2.75, 3.05) is 31.7 Å². The highest BCUT2D eigenvalue weighted by Crippen LogP contribution is 2.34. The Labute approximate surface area is 152 Å². The molecular formula is C19H24N2O3S. The Morgan fingerprint density at radius 1 is 1.36 bits per heavy atom. The van der Waals surface area contributed by atoms with Gasteiger partial charge in [-0.3, -0.25) is 0 Å². The van der Waals surface area contributed by atoms with Gasteiger partial charge < -0.3 is 14.4 Å². The number of aromatic nitrogens is 1. The van der Waals surface area contributed by atoms with E-state index >= 15 is 0 Å². The zero-order valence-electron chi connectivity index (χ0n) is 14.9. The van der Waals surface area contributed by atoms with Crippen LogP contribution in [0.2, 0.25) is 0 Å². The minimum atomic E-state index is -0.269. The van der Waals surface area contributed by atoms with Crippen LogP contribution in [-0.2, 0) is 4.74 Å². The zero-order chi connectivity index (χ0) is 17.8. The van der Waals surface area contributed by atoms with Gasteiger partial charge in [0.05, 0.1) is 19.4 Å². The first-order valence-corrected chi connectivity index (χ1v) is 9.47. The number of ether oxygens (including phenoxy) is 2. The number of esters is 1. The third-order valence-corrected chi connectivity index (χ3v) is 5.78. The summed E-state index contributed by atoms with van der Waals surface area (Å²) in [4.78, 5) is 19.5. The maximum Gasteiger partial charge on any atom is 0.350 e. The largest absolute Gasteiger partial charge is 0.497 e. The number of hydrogen-bond acceptors (Lipinski definition) is 6.